The molecule has 21 heavy (non-hydrogen) atoms. The van der Waals surface area contributed by atoms with Crippen LogP contribution in [-0.4, -0.2) is 30.6 Å². The fourth-order valence-corrected chi connectivity index (χ4v) is 3.65. The van der Waals surface area contributed by atoms with E-state index in [4.69, 9.17) is 10.5 Å². The van der Waals surface area contributed by atoms with Crippen molar-refractivity contribution < 1.29 is 4.74 Å². The van der Waals surface area contributed by atoms with Gasteiger partial charge in [0.2, 0.25) is 0 Å². The van der Waals surface area contributed by atoms with Crippen molar-refractivity contribution in [1.82, 2.24) is 4.90 Å². The van der Waals surface area contributed by atoms with Crippen molar-refractivity contribution in [2.75, 3.05) is 13.7 Å². The fraction of sp³-hybridized carbons (Fsp3) is 0.667. The first-order valence-electron chi connectivity index (χ1n) is 8.32. The molecule has 3 heteroatoms. The van der Waals surface area contributed by atoms with Gasteiger partial charge in [-0.3, -0.25) is 4.90 Å². The number of ether oxygens (including phenoxy) is 1. The van der Waals surface area contributed by atoms with E-state index in [1.54, 1.807) is 7.11 Å². The van der Waals surface area contributed by atoms with Crippen molar-refractivity contribution in [2.24, 2.45) is 5.73 Å². The van der Waals surface area contributed by atoms with Gasteiger partial charge in [-0.2, -0.15) is 0 Å². The molecule has 1 aliphatic heterocycles. The molecule has 0 amide bonds. The normalized spacial score (nSPS) is 22.8. The van der Waals surface area contributed by atoms with Crippen molar-refractivity contribution >= 4 is 0 Å². The maximum atomic E-state index is 6.37. The summed E-state index contributed by atoms with van der Waals surface area (Å²) in [7, 11) is 1.72. The lowest BCUT2D eigenvalue weighted by atomic mass is 9.91. The molecule has 0 spiro atoms. The number of hydrogen-bond acceptors (Lipinski definition) is 3. The second kappa shape index (κ2) is 7.81. The van der Waals surface area contributed by atoms with E-state index in [1.807, 2.05) is 6.07 Å². The number of piperidine rings is 1. The van der Waals surface area contributed by atoms with Crippen molar-refractivity contribution in [2.45, 2.75) is 64.1 Å². The van der Waals surface area contributed by atoms with E-state index < -0.39 is 0 Å². The summed E-state index contributed by atoms with van der Waals surface area (Å²) in [5.74, 6) is 0.919. The largest absolute Gasteiger partial charge is 0.497 e. The summed E-state index contributed by atoms with van der Waals surface area (Å²) >= 11 is 0. The van der Waals surface area contributed by atoms with Gasteiger partial charge in [0.25, 0.3) is 0 Å². The number of nitrogens with two attached hydrogens (primary N) is 1. The van der Waals surface area contributed by atoms with Gasteiger partial charge in [-0.05, 0) is 50.4 Å². The van der Waals surface area contributed by atoms with Crippen LogP contribution in [0, 0.1) is 0 Å². The van der Waals surface area contributed by atoms with Crippen LogP contribution in [0.1, 0.15) is 57.6 Å². The Labute approximate surface area is 129 Å². The smallest absolute Gasteiger partial charge is 0.119 e. The van der Waals surface area contributed by atoms with E-state index in [9.17, 15) is 0 Å². The molecule has 1 aromatic rings. The van der Waals surface area contributed by atoms with Gasteiger partial charge in [0.05, 0.1) is 13.2 Å². The number of rotatable bonds is 6. The summed E-state index contributed by atoms with van der Waals surface area (Å²) in [4.78, 5) is 2.65. The van der Waals surface area contributed by atoms with Crippen LogP contribution in [0.2, 0.25) is 0 Å². The highest BCUT2D eigenvalue weighted by Gasteiger charge is 2.31. The zero-order chi connectivity index (χ0) is 15.2. The van der Waals surface area contributed by atoms with Gasteiger partial charge in [0, 0.05) is 12.1 Å². The molecule has 1 heterocycles. The molecule has 1 saturated heterocycles. The Balaban J connectivity index is 2.27. The Bertz CT molecular complexity index is 431. The molecule has 3 nitrogen and oxygen atoms in total. The van der Waals surface area contributed by atoms with Crippen LogP contribution in [-0.2, 0) is 0 Å². The van der Waals surface area contributed by atoms with Crippen molar-refractivity contribution in [3.63, 3.8) is 0 Å². The molecule has 3 atom stereocenters. The number of hydrogen-bond donors (Lipinski definition) is 1. The van der Waals surface area contributed by atoms with Crippen LogP contribution in [0.4, 0.5) is 0 Å². The molecular formula is C18H30N2O. The molecule has 0 radical (unpaired) electrons. The molecule has 3 unspecified atom stereocenters. The second-order valence-corrected chi connectivity index (χ2v) is 6.26. The van der Waals surface area contributed by atoms with E-state index in [-0.39, 0.29) is 12.1 Å². The summed E-state index contributed by atoms with van der Waals surface area (Å²) in [5.41, 5.74) is 7.65. The quantitative estimate of drug-likeness (QED) is 0.867. The summed E-state index contributed by atoms with van der Waals surface area (Å²) < 4.78 is 5.39. The third kappa shape index (κ3) is 3.98. The maximum Gasteiger partial charge on any atom is 0.119 e. The summed E-state index contributed by atoms with van der Waals surface area (Å²) in [6.07, 6.45) is 6.46. The maximum absolute atomic E-state index is 6.37. The molecule has 0 bridgehead atoms. The minimum atomic E-state index is 0.120. The van der Waals surface area contributed by atoms with Gasteiger partial charge in [-0.25, -0.2) is 0 Å². The molecule has 1 aromatic carbocycles. The zero-order valence-corrected chi connectivity index (χ0v) is 13.7. The molecule has 2 rings (SSSR count). The highest BCUT2D eigenvalue weighted by Crippen LogP contribution is 2.33. The van der Waals surface area contributed by atoms with E-state index in [0.717, 1.165) is 12.3 Å². The Morgan fingerprint density at radius 3 is 2.86 bits per heavy atom. The minimum absolute atomic E-state index is 0.120. The molecule has 0 saturated carbocycles. The van der Waals surface area contributed by atoms with Gasteiger partial charge in [-0.15, -0.1) is 0 Å². The van der Waals surface area contributed by atoms with Crippen LogP contribution in [0.15, 0.2) is 24.3 Å². The van der Waals surface area contributed by atoms with Gasteiger partial charge in [0.1, 0.15) is 5.75 Å². The number of likely N-dealkylation sites (tertiary alicyclic amines) is 1. The average Bonchev–Trinajstić information content (AvgIpc) is 2.49. The highest BCUT2D eigenvalue weighted by atomic mass is 16.5. The predicted octanol–water partition coefficient (Wildman–Crippen LogP) is 3.74. The second-order valence-electron chi connectivity index (χ2n) is 6.26. The molecule has 1 aliphatic rings. The molecule has 118 valence electrons. The first-order chi connectivity index (χ1) is 10.2. The topological polar surface area (TPSA) is 38.5 Å². The molecule has 2 N–H and O–H groups in total. The van der Waals surface area contributed by atoms with Crippen LogP contribution >= 0.6 is 0 Å². The Hall–Kier alpha value is -1.06. The third-order valence-electron chi connectivity index (χ3n) is 4.59. The lowest BCUT2D eigenvalue weighted by Crippen LogP contribution is -2.47. The Kier molecular flexibility index (Phi) is 6.07. The van der Waals surface area contributed by atoms with Gasteiger partial charge >= 0.3 is 0 Å². The SMILES string of the molecule is CCCC1CCCCN1C(c1cccc(OC)c1)C(C)N. The van der Waals surface area contributed by atoms with Crippen molar-refractivity contribution in [3.8, 4) is 5.75 Å². The van der Waals surface area contributed by atoms with E-state index in [2.05, 4.69) is 36.9 Å². The fourth-order valence-electron chi connectivity index (χ4n) is 3.65. The van der Waals surface area contributed by atoms with E-state index >= 15 is 0 Å². The van der Waals surface area contributed by atoms with Crippen LogP contribution < -0.4 is 10.5 Å². The average molecular weight is 290 g/mol. The van der Waals surface area contributed by atoms with E-state index in [0.29, 0.717) is 6.04 Å². The van der Waals surface area contributed by atoms with Crippen molar-refractivity contribution in [3.05, 3.63) is 29.8 Å². The zero-order valence-electron chi connectivity index (χ0n) is 13.7. The summed E-state index contributed by atoms with van der Waals surface area (Å²) in [5, 5.41) is 0. The predicted molar refractivity (Wildman–Crippen MR) is 88.6 cm³/mol. The first-order valence-corrected chi connectivity index (χ1v) is 8.32. The summed E-state index contributed by atoms with van der Waals surface area (Å²) in [6, 6.07) is 9.49. The Morgan fingerprint density at radius 2 is 2.19 bits per heavy atom. The minimum Gasteiger partial charge on any atom is -0.497 e. The van der Waals surface area contributed by atoms with Crippen LogP contribution in [0.5, 0.6) is 5.75 Å². The number of methoxy groups -OCH3 is 1. The Morgan fingerprint density at radius 1 is 1.38 bits per heavy atom. The molecular weight excluding hydrogens is 260 g/mol. The molecule has 0 aliphatic carbocycles. The first kappa shape index (κ1) is 16.3. The van der Waals surface area contributed by atoms with Crippen LogP contribution in [0.25, 0.3) is 0 Å². The van der Waals surface area contributed by atoms with Gasteiger partial charge in [-0.1, -0.05) is 31.9 Å². The van der Waals surface area contributed by atoms with Gasteiger partial charge in [0.15, 0.2) is 0 Å². The monoisotopic (exact) mass is 290 g/mol. The number of benzene rings is 1. The number of nitrogens with zero attached hydrogens (tertiary/aromatic N) is 1. The standard InChI is InChI=1S/C18H30N2O/c1-4-8-16-10-5-6-12-20(16)18(14(2)19)15-9-7-11-17(13-15)21-3/h7,9,11,13-14,16,18H,4-6,8,10,12,19H2,1-3H3. The lowest BCUT2D eigenvalue weighted by Gasteiger charge is -2.43. The highest BCUT2D eigenvalue weighted by molar-refractivity contribution is 5.31. The van der Waals surface area contributed by atoms with Gasteiger partial charge < -0.3 is 10.5 Å². The van der Waals surface area contributed by atoms with Crippen LogP contribution in [0.3, 0.4) is 0 Å². The lowest BCUT2D eigenvalue weighted by molar-refractivity contribution is 0.0763. The van der Waals surface area contributed by atoms with Crippen molar-refractivity contribution in [1.29, 1.82) is 0 Å². The third-order valence-corrected chi connectivity index (χ3v) is 4.59. The summed E-state index contributed by atoms with van der Waals surface area (Å²) in [6.45, 7) is 5.56. The molecule has 0 aromatic heterocycles. The molecule has 1 fully saturated rings. The van der Waals surface area contributed by atoms with E-state index in [1.165, 1.54) is 37.7 Å².